The van der Waals surface area contributed by atoms with Gasteiger partial charge in [0.2, 0.25) is 76.8 Å². The number of aliphatic carboxylic acids is 8. The number of nitrogens with one attached hydrogen (secondary N) is 13. The summed E-state index contributed by atoms with van der Waals surface area (Å²) in [5.41, 5.74) is 5.40. The normalized spacial score (nSPS) is 15.0. The van der Waals surface area contributed by atoms with Crippen molar-refractivity contribution in [2.24, 2.45) is 5.73 Å². The number of hydrogen-bond donors (Lipinski definition) is 29. The van der Waals surface area contributed by atoms with E-state index in [0.717, 1.165) is 0 Å². The molecule has 0 fully saturated rings. The highest BCUT2D eigenvalue weighted by Gasteiger charge is 2.39. The molecule has 0 aromatic heterocycles. The van der Waals surface area contributed by atoms with Crippen LogP contribution in [0.3, 0.4) is 0 Å². The second-order valence-electron chi connectivity index (χ2n) is 20.2. The van der Waals surface area contributed by atoms with E-state index in [1.165, 1.54) is 0 Å². The molecule has 0 saturated heterocycles. The fraction of sp³-hybridized carbons (Fsp3) is 0.571. The van der Waals surface area contributed by atoms with Crippen molar-refractivity contribution in [1.29, 1.82) is 0 Å². The Hall–Kier alpha value is -11.4. The predicted octanol–water partition coefficient (Wildman–Crippen LogP) is -18.0. The first kappa shape index (κ1) is 87.6. The van der Waals surface area contributed by atoms with Gasteiger partial charge in [-0.3, -0.25) is 95.9 Å². The van der Waals surface area contributed by atoms with E-state index in [1.807, 2.05) is 10.6 Å². The Morgan fingerprint density at radius 3 is 0.444 bits per heavy atom. The van der Waals surface area contributed by atoms with Crippen molar-refractivity contribution >= 4 is 125 Å². The second kappa shape index (κ2) is 43.6. The minimum atomic E-state index is -2.43. The lowest BCUT2D eigenvalue weighted by Crippen LogP contribution is -2.62. The van der Waals surface area contributed by atoms with Crippen LogP contribution < -0.4 is 74.9 Å². The molecule has 0 radical (unpaired) electrons. The van der Waals surface area contributed by atoms with E-state index in [-0.39, 0.29) is 0 Å². The summed E-state index contributed by atoms with van der Waals surface area (Å²) in [5.74, 6) is -35.9. The van der Waals surface area contributed by atoms with Gasteiger partial charge in [-0.2, -0.15) is 0 Å². The van der Waals surface area contributed by atoms with Crippen LogP contribution in [0, 0.1) is 0 Å². The number of nitrogens with two attached hydrogens (primary N) is 1. The van der Waals surface area contributed by atoms with Gasteiger partial charge in [0.1, 0.15) is 78.5 Å². The number of carboxylic acid groups (broad SMARTS) is 8. The molecule has 0 aromatic carbocycles. The number of aliphatic hydroxyl groups is 7. The zero-order valence-electron chi connectivity index (χ0n) is 50.8. The van der Waals surface area contributed by atoms with Gasteiger partial charge in [-0.1, -0.05) is 0 Å². The molecular weight excluding hydrogens is 1360 g/mol. The molecule has 13 amide bonds. The van der Waals surface area contributed by atoms with Crippen LogP contribution in [0.4, 0.5) is 0 Å². The van der Waals surface area contributed by atoms with E-state index in [2.05, 4.69) is 0 Å². The largest absolute Gasteiger partial charge is 0.481 e. The molecule has 0 unspecified atom stereocenters. The lowest BCUT2D eigenvalue weighted by atomic mass is 10.1. The maximum atomic E-state index is 13.5. The minimum absolute atomic E-state index is 0.963. The maximum Gasteiger partial charge on any atom is 0.328 e. The zero-order valence-corrected chi connectivity index (χ0v) is 50.8. The van der Waals surface area contributed by atoms with Gasteiger partial charge in [0.25, 0.3) is 0 Å². The van der Waals surface area contributed by atoms with Gasteiger partial charge < -0.3 is 151 Å². The van der Waals surface area contributed by atoms with Crippen molar-refractivity contribution < 1.29 is 177 Å². The third kappa shape index (κ3) is 32.2. The van der Waals surface area contributed by atoms with Gasteiger partial charge in [-0.25, -0.2) is 4.79 Å². The topological polar surface area (TPSA) is 844 Å². The van der Waals surface area contributed by atoms with E-state index in [9.17, 15) is 167 Å². The van der Waals surface area contributed by atoms with Gasteiger partial charge in [0.05, 0.1) is 97.2 Å². The zero-order chi connectivity index (χ0) is 76.3. The number of carbonyl (C=O) groups is 21. The van der Waals surface area contributed by atoms with Crippen LogP contribution in [0.1, 0.15) is 44.9 Å². The third-order valence-electron chi connectivity index (χ3n) is 12.5. The highest BCUT2D eigenvalue weighted by atomic mass is 16.4. The number of amides is 13. The molecule has 99 heavy (non-hydrogen) atoms. The quantitative estimate of drug-likeness (QED) is 0.0269. The summed E-state index contributed by atoms with van der Waals surface area (Å²) in [7, 11) is 0. The summed E-state index contributed by atoms with van der Waals surface area (Å²) in [6, 6.07) is -31.4. The van der Waals surface area contributed by atoms with Gasteiger partial charge in [-0.05, 0) is 0 Å². The number of rotatable bonds is 48. The molecule has 0 aliphatic heterocycles. The van der Waals surface area contributed by atoms with Gasteiger partial charge in [0.15, 0.2) is 0 Å². The number of carboxylic acids is 8. The molecule has 0 heterocycles. The lowest BCUT2D eigenvalue weighted by Gasteiger charge is -2.27. The molecule has 0 aliphatic carbocycles. The number of aliphatic hydroxyl groups excluding tert-OH is 7. The van der Waals surface area contributed by atoms with Crippen molar-refractivity contribution in [3.63, 3.8) is 0 Å². The fourth-order valence-corrected chi connectivity index (χ4v) is 7.48. The average Bonchev–Trinajstić information content (AvgIpc) is 0.869. The highest BCUT2D eigenvalue weighted by Crippen LogP contribution is 2.06. The first-order valence-electron chi connectivity index (χ1n) is 27.9. The molecule has 14 atom stereocenters. The van der Waals surface area contributed by atoms with Gasteiger partial charge >= 0.3 is 47.8 Å². The van der Waals surface area contributed by atoms with Crippen molar-refractivity contribution in [2.75, 3.05) is 46.2 Å². The number of carbonyl (C=O) groups excluding carboxylic acids is 13. The standard InChI is InChI=1S/C49H72N14O36/c50-15(1-29(71)72)36(85)57-22(8-64)43(92)51-16(2-30(73)74)37(86)58-23(9-65)44(93)52-17(3-31(75)76)38(87)59-24(10-66)45(94)53-18(4-32(77)78)39(88)60-25(11-67)46(95)54-19(5-33(79)80)40(89)61-26(12-68)47(96)55-20(6-34(81)82)41(90)62-27(13-69)48(97)56-21(7-35(83)84)42(91)63-28(14-70)49(98)99/h15-28,64-70H,1-14,50H2,(H,51,92)(H,52,93)(H,53,94)(H,54,95)(H,55,96)(H,56,97)(H,57,85)(H,58,86)(H,59,87)(H,60,88)(H,61,89)(H,62,90)(H,63,91)(H,71,72)(H,73,74)(H,75,76)(H,77,78)(H,79,80)(H,81,82)(H,83,84)(H,98,99)/t15-,16-,17-,18-,19-,20-,21-,22-,23-,24-,25-,26-,27-,28-/m0/s1. The van der Waals surface area contributed by atoms with Crippen molar-refractivity contribution in [3.8, 4) is 0 Å². The summed E-state index contributed by atoms with van der Waals surface area (Å²) in [4.78, 5) is 263. The Morgan fingerprint density at radius 2 is 0.313 bits per heavy atom. The average molecular weight is 1430 g/mol. The van der Waals surface area contributed by atoms with Crippen molar-refractivity contribution in [2.45, 2.75) is 130 Å². The van der Waals surface area contributed by atoms with Crippen LogP contribution in [0.2, 0.25) is 0 Å². The Labute approximate surface area is 551 Å². The Kier molecular flexibility index (Phi) is 38.5. The summed E-state index contributed by atoms with van der Waals surface area (Å²) in [6.45, 7) is -9.93. The summed E-state index contributed by atoms with van der Waals surface area (Å²) in [5, 5.41) is 166. The summed E-state index contributed by atoms with van der Waals surface area (Å²) < 4.78 is 0. The van der Waals surface area contributed by atoms with Gasteiger partial charge in [0, 0.05) is 0 Å². The molecular formula is C49H72N14O36. The van der Waals surface area contributed by atoms with E-state index in [4.69, 9.17) is 15.9 Å². The summed E-state index contributed by atoms with van der Waals surface area (Å²) in [6.07, 6.45) is -9.37. The lowest BCUT2D eigenvalue weighted by molar-refractivity contribution is -0.145. The molecule has 30 N–H and O–H groups in total. The molecule has 0 bridgehead atoms. The van der Waals surface area contributed by atoms with E-state index < -0.39 is 300 Å². The molecule has 0 aromatic rings. The Morgan fingerprint density at radius 1 is 0.192 bits per heavy atom. The molecule has 0 rings (SSSR count). The maximum absolute atomic E-state index is 13.5. The molecule has 0 saturated carbocycles. The van der Waals surface area contributed by atoms with Crippen molar-refractivity contribution in [3.05, 3.63) is 0 Å². The van der Waals surface area contributed by atoms with E-state index in [1.54, 1.807) is 58.5 Å². The van der Waals surface area contributed by atoms with Crippen LogP contribution >= 0.6 is 0 Å². The molecule has 554 valence electrons. The van der Waals surface area contributed by atoms with Crippen LogP contribution in [0.5, 0.6) is 0 Å². The van der Waals surface area contributed by atoms with E-state index >= 15 is 0 Å². The SMILES string of the molecule is N[C@@H](CC(=O)O)C(=O)N[C@@H](CO)C(=O)N[C@@H](CC(=O)O)C(=O)N[C@@H](CO)C(=O)N[C@@H](CC(=O)O)C(=O)N[C@@H](CO)C(=O)N[C@@H](CC(=O)O)C(=O)N[C@@H](CO)C(=O)N[C@@H](CC(=O)O)C(=O)N[C@@H](CO)C(=O)N[C@@H](CC(=O)O)C(=O)N[C@@H](CO)C(=O)N[C@@H](CC(=O)O)C(=O)N[C@@H](CO)C(=O)O. The minimum Gasteiger partial charge on any atom is -0.481 e. The smallest absolute Gasteiger partial charge is 0.328 e. The first-order chi connectivity index (χ1) is 46.1. The van der Waals surface area contributed by atoms with Gasteiger partial charge in [-0.15, -0.1) is 0 Å². The van der Waals surface area contributed by atoms with Crippen LogP contribution in [0.25, 0.3) is 0 Å². The van der Waals surface area contributed by atoms with Crippen LogP contribution in [-0.2, 0) is 101 Å². The monoisotopic (exact) mass is 1430 g/mol. The van der Waals surface area contributed by atoms with Crippen molar-refractivity contribution in [1.82, 2.24) is 69.1 Å². The highest BCUT2D eigenvalue weighted by molar-refractivity contribution is 6.02. The molecule has 0 aliphatic rings. The fourth-order valence-electron chi connectivity index (χ4n) is 7.48. The number of hydrogen-bond acceptors (Lipinski definition) is 29. The van der Waals surface area contributed by atoms with Crippen LogP contribution in [0.15, 0.2) is 0 Å². The predicted molar refractivity (Wildman–Crippen MR) is 306 cm³/mol. The first-order valence-corrected chi connectivity index (χ1v) is 27.9. The Bertz CT molecular complexity index is 3020. The summed E-state index contributed by atoms with van der Waals surface area (Å²) >= 11 is 0. The van der Waals surface area contributed by atoms with E-state index in [0.29, 0.717) is 0 Å². The third-order valence-corrected chi connectivity index (χ3v) is 12.5. The Balaban J connectivity index is 6.49. The molecule has 50 heteroatoms. The molecule has 0 spiro atoms. The van der Waals surface area contributed by atoms with Crippen LogP contribution in [-0.4, -0.2) is 332 Å². The molecule has 50 nitrogen and oxygen atoms in total. The second-order valence-corrected chi connectivity index (χ2v) is 20.2.